The van der Waals surface area contributed by atoms with Crippen molar-refractivity contribution >= 4 is 5.91 Å². The molecule has 0 atom stereocenters. The van der Waals surface area contributed by atoms with Crippen molar-refractivity contribution in [2.45, 2.75) is 25.6 Å². The molecule has 5 heteroatoms. The number of carbonyl (C=O) groups is 1. The molecule has 1 saturated heterocycles. The Morgan fingerprint density at radius 2 is 2.24 bits per heavy atom. The molecule has 1 amide bonds. The van der Waals surface area contributed by atoms with Crippen molar-refractivity contribution in [2.75, 3.05) is 19.8 Å². The number of amides is 1. The van der Waals surface area contributed by atoms with Crippen LogP contribution in [0.25, 0.3) is 0 Å². The van der Waals surface area contributed by atoms with Gasteiger partial charge in [-0.1, -0.05) is 0 Å². The summed E-state index contributed by atoms with van der Waals surface area (Å²) in [5, 5.41) is 2.76. The standard InChI is InChI=1S/C12H17NO4/c1-12(16-8-3-9-17-12)5-6-13-11(14)10-4-2-7-15-10/h2,4,7H,3,5-6,8-9H2,1H3,(H,13,14). The molecule has 2 heterocycles. The molecular weight excluding hydrogens is 222 g/mol. The van der Waals surface area contributed by atoms with Gasteiger partial charge in [0.15, 0.2) is 11.5 Å². The average Bonchev–Trinajstić information content (AvgIpc) is 2.83. The number of furan rings is 1. The molecule has 1 aliphatic rings. The summed E-state index contributed by atoms with van der Waals surface area (Å²) in [5.41, 5.74) is 0. The van der Waals surface area contributed by atoms with Crippen molar-refractivity contribution < 1.29 is 18.7 Å². The van der Waals surface area contributed by atoms with Crippen molar-refractivity contribution in [3.8, 4) is 0 Å². The zero-order valence-corrected chi connectivity index (χ0v) is 9.90. The molecular formula is C12H17NO4. The van der Waals surface area contributed by atoms with Crippen LogP contribution in [0.15, 0.2) is 22.8 Å². The van der Waals surface area contributed by atoms with Gasteiger partial charge in [0.1, 0.15) is 0 Å². The molecule has 0 radical (unpaired) electrons. The second kappa shape index (κ2) is 5.33. The summed E-state index contributed by atoms with van der Waals surface area (Å²) in [4.78, 5) is 11.6. The van der Waals surface area contributed by atoms with Crippen LogP contribution in [0.4, 0.5) is 0 Å². The molecule has 0 unspecified atom stereocenters. The Balaban J connectivity index is 1.74. The fourth-order valence-corrected chi connectivity index (χ4v) is 1.72. The monoisotopic (exact) mass is 239 g/mol. The summed E-state index contributed by atoms with van der Waals surface area (Å²) in [5.74, 6) is -0.468. The van der Waals surface area contributed by atoms with Gasteiger partial charge in [0.25, 0.3) is 5.91 Å². The molecule has 1 aromatic heterocycles. The van der Waals surface area contributed by atoms with Crippen LogP contribution < -0.4 is 5.32 Å². The number of carbonyl (C=O) groups excluding carboxylic acids is 1. The van der Waals surface area contributed by atoms with E-state index in [9.17, 15) is 4.79 Å². The van der Waals surface area contributed by atoms with Gasteiger partial charge in [-0.3, -0.25) is 4.79 Å². The maximum Gasteiger partial charge on any atom is 0.286 e. The number of nitrogens with one attached hydrogen (secondary N) is 1. The molecule has 0 spiro atoms. The number of ether oxygens (including phenoxy) is 2. The van der Waals surface area contributed by atoms with Crippen molar-refractivity contribution in [1.82, 2.24) is 5.32 Å². The average molecular weight is 239 g/mol. The lowest BCUT2D eigenvalue weighted by atomic mass is 10.2. The lowest BCUT2D eigenvalue weighted by Gasteiger charge is -2.33. The SMILES string of the molecule is CC1(CCNC(=O)c2ccco2)OCCCO1. The number of hydrogen-bond acceptors (Lipinski definition) is 4. The van der Waals surface area contributed by atoms with E-state index in [-0.39, 0.29) is 5.91 Å². The van der Waals surface area contributed by atoms with Gasteiger partial charge in [-0.15, -0.1) is 0 Å². The normalized spacial score (nSPS) is 18.9. The molecule has 1 aliphatic heterocycles. The third kappa shape index (κ3) is 3.31. The number of rotatable bonds is 4. The van der Waals surface area contributed by atoms with Gasteiger partial charge >= 0.3 is 0 Å². The van der Waals surface area contributed by atoms with Crippen LogP contribution in [0.3, 0.4) is 0 Å². The molecule has 1 aromatic rings. The zero-order chi connectivity index (χ0) is 12.1. The van der Waals surface area contributed by atoms with Crippen LogP contribution in [0, 0.1) is 0 Å². The lowest BCUT2D eigenvalue weighted by molar-refractivity contribution is -0.257. The lowest BCUT2D eigenvalue weighted by Crippen LogP contribution is -2.40. The Hall–Kier alpha value is -1.33. The summed E-state index contributed by atoms with van der Waals surface area (Å²) in [7, 11) is 0. The Kier molecular flexibility index (Phi) is 3.81. The summed E-state index contributed by atoms with van der Waals surface area (Å²) >= 11 is 0. The van der Waals surface area contributed by atoms with Crippen molar-refractivity contribution in [1.29, 1.82) is 0 Å². The quantitative estimate of drug-likeness (QED) is 0.866. The van der Waals surface area contributed by atoms with Gasteiger partial charge in [-0.25, -0.2) is 0 Å². The van der Waals surface area contributed by atoms with Gasteiger partial charge < -0.3 is 19.2 Å². The fourth-order valence-electron chi connectivity index (χ4n) is 1.72. The van der Waals surface area contributed by atoms with Crippen LogP contribution in [-0.2, 0) is 9.47 Å². The van der Waals surface area contributed by atoms with E-state index in [1.165, 1.54) is 6.26 Å². The molecule has 0 aliphatic carbocycles. The second-order valence-electron chi connectivity index (χ2n) is 4.17. The Labute approximate surface area is 100 Å². The van der Waals surface area contributed by atoms with Gasteiger partial charge in [0.2, 0.25) is 0 Å². The van der Waals surface area contributed by atoms with Gasteiger partial charge in [0, 0.05) is 13.0 Å². The molecule has 2 rings (SSSR count). The first-order valence-electron chi connectivity index (χ1n) is 5.79. The predicted octanol–water partition coefficient (Wildman–Crippen LogP) is 1.55. The van der Waals surface area contributed by atoms with Crippen molar-refractivity contribution in [2.24, 2.45) is 0 Å². The highest BCUT2D eigenvalue weighted by atomic mass is 16.7. The van der Waals surface area contributed by atoms with Crippen molar-refractivity contribution in [3.63, 3.8) is 0 Å². The first-order valence-corrected chi connectivity index (χ1v) is 5.79. The summed E-state index contributed by atoms with van der Waals surface area (Å²) in [6, 6.07) is 3.31. The largest absolute Gasteiger partial charge is 0.459 e. The van der Waals surface area contributed by atoms with E-state index in [1.807, 2.05) is 6.92 Å². The third-order valence-electron chi connectivity index (χ3n) is 2.71. The minimum Gasteiger partial charge on any atom is -0.459 e. The van der Waals surface area contributed by atoms with Crippen LogP contribution >= 0.6 is 0 Å². The first-order chi connectivity index (χ1) is 8.20. The fraction of sp³-hybridized carbons (Fsp3) is 0.583. The zero-order valence-electron chi connectivity index (χ0n) is 9.90. The van der Waals surface area contributed by atoms with Gasteiger partial charge in [-0.2, -0.15) is 0 Å². The maximum atomic E-state index is 11.6. The second-order valence-corrected chi connectivity index (χ2v) is 4.17. The first kappa shape index (κ1) is 12.1. The van der Waals surface area contributed by atoms with E-state index in [4.69, 9.17) is 13.9 Å². The highest BCUT2D eigenvalue weighted by Gasteiger charge is 2.28. The Morgan fingerprint density at radius 3 is 2.88 bits per heavy atom. The molecule has 1 N–H and O–H groups in total. The Morgan fingerprint density at radius 1 is 1.47 bits per heavy atom. The molecule has 0 saturated carbocycles. The molecule has 5 nitrogen and oxygen atoms in total. The number of hydrogen-bond donors (Lipinski definition) is 1. The summed E-state index contributed by atoms with van der Waals surface area (Å²) in [6.45, 7) is 3.81. The molecule has 1 fully saturated rings. The topological polar surface area (TPSA) is 60.7 Å². The minimum absolute atomic E-state index is 0.214. The van der Waals surface area contributed by atoms with Gasteiger partial charge in [0.05, 0.1) is 19.5 Å². The molecule has 17 heavy (non-hydrogen) atoms. The molecule has 0 aromatic carbocycles. The van der Waals surface area contributed by atoms with E-state index >= 15 is 0 Å². The van der Waals surface area contributed by atoms with Crippen LogP contribution in [0.2, 0.25) is 0 Å². The minimum atomic E-state index is -0.575. The van der Waals surface area contributed by atoms with E-state index in [0.717, 1.165) is 6.42 Å². The van der Waals surface area contributed by atoms with E-state index in [0.29, 0.717) is 31.9 Å². The maximum absolute atomic E-state index is 11.6. The molecule has 0 bridgehead atoms. The Bertz CT molecular complexity index is 355. The summed E-state index contributed by atoms with van der Waals surface area (Å²) < 4.78 is 16.1. The highest BCUT2D eigenvalue weighted by Crippen LogP contribution is 2.21. The van der Waals surface area contributed by atoms with E-state index in [2.05, 4.69) is 5.32 Å². The van der Waals surface area contributed by atoms with Crippen LogP contribution in [0.5, 0.6) is 0 Å². The van der Waals surface area contributed by atoms with Gasteiger partial charge in [-0.05, 0) is 25.5 Å². The van der Waals surface area contributed by atoms with Crippen LogP contribution in [0.1, 0.15) is 30.3 Å². The van der Waals surface area contributed by atoms with Crippen LogP contribution in [-0.4, -0.2) is 31.5 Å². The predicted molar refractivity (Wildman–Crippen MR) is 60.6 cm³/mol. The smallest absolute Gasteiger partial charge is 0.286 e. The molecule has 94 valence electrons. The summed E-state index contributed by atoms with van der Waals surface area (Å²) in [6.07, 6.45) is 3.03. The van der Waals surface area contributed by atoms with E-state index < -0.39 is 5.79 Å². The van der Waals surface area contributed by atoms with Crippen molar-refractivity contribution in [3.05, 3.63) is 24.2 Å². The van der Waals surface area contributed by atoms with E-state index in [1.54, 1.807) is 12.1 Å². The third-order valence-corrected chi connectivity index (χ3v) is 2.71. The highest BCUT2D eigenvalue weighted by molar-refractivity contribution is 5.91.